The van der Waals surface area contributed by atoms with Gasteiger partial charge in [-0.1, -0.05) is 350 Å². The maximum absolute atomic E-state index is 13.1. The highest BCUT2D eigenvalue weighted by molar-refractivity contribution is 7.47. The maximum Gasteiger partial charge on any atom is 0.472 e. The lowest BCUT2D eigenvalue weighted by molar-refractivity contribution is -0.161. The highest BCUT2D eigenvalue weighted by Crippen LogP contribution is 2.45. The molecule has 0 aromatic rings. The molecule has 0 saturated carbocycles. The highest BCUT2D eigenvalue weighted by Gasteiger charge is 2.30. The Morgan fingerprint density at radius 3 is 0.792 bits per heavy atom. The van der Waals surface area contributed by atoms with E-state index in [4.69, 9.17) is 37.0 Å². The van der Waals surface area contributed by atoms with Crippen molar-refractivity contribution in [2.45, 2.75) is 419 Å². The molecule has 0 aromatic heterocycles. The van der Waals surface area contributed by atoms with Gasteiger partial charge in [-0.15, -0.1) is 0 Å². The van der Waals surface area contributed by atoms with Crippen molar-refractivity contribution in [3.05, 3.63) is 0 Å². The van der Waals surface area contributed by atoms with Crippen LogP contribution in [0.2, 0.25) is 0 Å². The Morgan fingerprint density at radius 2 is 0.531 bits per heavy atom. The second kappa shape index (κ2) is 68.8. The van der Waals surface area contributed by atoms with E-state index in [1.165, 1.54) is 212 Å². The van der Waals surface area contributed by atoms with Crippen LogP contribution in [-0.2, 0) is 65.4 Å². The third-order valence-electron chi connectivity index (χ3n) is 18.3. The molecule has 0 heterocycles. The monoisotopic (exact) mass is 1410 g/mol. The van der Waals surface area contributed by atoms with E-state index in [9.17, 15) is 43.2 Å². The fraction of sp³-hybridized carbons (Fsp3) is 0.948. The molecular formula is C77H150O17P2. The number of rotatable bonds is 76. The molecule has 0 bridgehead atoms. The molecule has 570 valence electrons. The molecule has 17 nitrogen and oxygen atoms in total. The largest absolute Gasteiger partial charge is 0.472 e. The van der Waals surface area contributed by atoms with Gasteiger partial charge >= 0.3 is 39.5 Å². The quantitative estimate of drug-likeness (QED) is 0.0222. The zero-order valence-electron chi connectivity index (χ0n) is 62.7. The molecule has 0 aliphatic rings. The van der Waals surface area contributed by atoms with E-state index in [-0.39, 0.29) is 25.7 Å². The van der Waals surface area contributed by atoms with Crippen LogP contribution in [0.5, 0.6) is 0 Å². The van der Waals surface area contributed by atoms with Gasteiger partial charge in [-0.2, -0.15) is 0 Å². The van der Waals surface area contributed by atoms with Crippen LogP contribution < -0.4 is 0 Å². The van der Waals surface area contributed by atoms with E-state index < -0.39 is 97.5 Å². The topological polar surface area (TPSA) is 237 Å². The number of unbranched alkanes of at least 4 members (excludes halogenated alkanes) is 45. The first-order valence-corrected chi connectivity index (χ1v) is 43.0. The summed E-state index contributed by atoms with van der Waals surface area (Å²) in [6.07, 6.45) is 56.9. The van der Waals surface area contributed by atoms with Crippen molar-refractivity contribution in [1.82, 2.24) is 0 Å². The van der Waals surface area contributed by atoms with Crippen molar-refractivity contribution in [2.75, 3.05) is 39.6 Å². The molecule has 0 fully saturated rings. The number of aliphatic hydroxyl groups is 1. The zero-order valence-corrected chi connectivity index (χ0v) is 64.5. The van der Waals surface area contributed by atoms with Crippen LogP contribution in [0.3, 0.4) is 0 Å². The van der Waals surface area contributed by atoms with Gasteiger partial charge in [-0.25, -0.2) is 9.13 Å². The summed E-state index contributed by atoms with van der Waals surface area (Å²) < 4.78 is 68.5. The molecule has 6 atom stereocenters. The van der Waals surface area contributed by atoms with E-state index in [1.54, 1.807) is 0 Å². The third-order valence-corrected chi connectivity index (χ3v) is 20.2. The fourth-order valence-corrected chi connectivity index (χ4v) is 13.4. The van der Waals surface area contributed by atoms with Gasteiger partial charge in [0.05, 0.1) is 26.4 Å². The summed E-state index contributed by atoms with van der Waals surface area (Å²) in [5.41, 5.74) is 0. The van der Waals surface area contributed by atoms with Gasteiger partial charge in [0, 0.05) is 25.7 Å². The summed E-state index contributed by atoms with van der Waals surface area (Å²) >= 11 is 0. The third kappa shape index (κ3) is 69.2. The Hall–Kier alpha value is -1.94. The molecule has 0 aliphatic heterocycles. The summed E-state index contributed by atoms with van der Waals surface area (Å²) in [5, 5.41) is 10.6. The lowest BCUT2D eigenvalue weighted by Gasteiger charge is -2.21. The molecule has 0 amide bonds. The minimum atomic E-state index is -4.96. The van der Waals surface area contributed by atoms with Crippen LogP contribution >= 0.6 is 15.6 Å². The van der Waals surface area contributed by atoms with Gasteiger partial charge in [0.1, 0.15) is 19.3 Å². The van der Waals surface area contributed by atoms with E-state index >= 15 is 0 Å². The molecule has 3 unspecified atom stereocenters. The first-order chi connectivity index (χ1) is 46.4. The number of phosphoric acid groups is 2. The molecule has 96 heavy (non-hydrogen) atoms. The lowest BCUT2D eigenvalue weighted by atomic mass is 10.00. The highest BCUT2D eigenvalue weighted by atomic mass is 31.2. The number of aliphatic hydroxyl groups excluding tert-OH is 1. The van der Waals surface area contributed by atoms with Crippen LogP contribution in [0.1, 0.15) is 401 Å². The minimum Gasteiger partial charge on any atom is -0.462 e. The van der Waals surface area contributed by atoms with Gasteiger partial charge in [0.25, 0.3) is 0 Å². The first kappa shape index (κ1) is 94.1. The molecule has 0 aromatic carbocycles. The van der Waals surface area contributed by atoms with Crippen molar-refractivity contribution in [3.8, 4) is 0 Å². The average Bonchev–Trinajstić information content (AvgIpc) is 1.44. The molecular weight excluding hydrogens is 1260 g/mol. The molecule has 3 N–H and O–H groups in total. The Labute approximate surface area is 588 Å². The molecule has 19 heteroatoms. The predicted molar refractivity (Wildman–Crippen MR) is 391 cm³/mol. The summed E-state index contributed by atoms with van der Waals surface area (Å²) in [6.45, 7) is 9.59. The van der Waals surface area contributed by atoms with Crippen molar-refractivity contribution >= 4 is 39.5 Å². The molecule has 0 radical (unpaired) electrons. The number of hydrogen-bond acceptors (Lipinski definition) is 15. The minimum absolute atomic E-state index is 0.106. The van der Waals surface area contributed by atoms with Crippen LogP contribution in [0.15, 0.2) is 0 Å². The molecule has 0 spiro atoms. The van der Waals surface area contributed by atoms with E-state index in [0.717, 1.165) is 108 Å². The smallest absolute Gasteiger partial charge is 0.462 e. The Kier molecular flexibility index (Phi) is 67.4. The van der Waals surface area contributed by atoms with Gasteiger partial charge in [0.2, 0.25) is 0 Å². The normalized spacial score (nSPS) is 14.3. The van der Waals surface area contributed by atoms with Crippen LogP contribution in [-0.4, -0.2) is 96.7 Å². The summed E-state index contributed by atoms with van der Waals surface area (Å²) in [5.74, 6) is -0.580. The standard InChI is InChI=1S/C77H150O17P2/c1-7-10-12-14-16-18-20-21-22-23-26-29-33-36-40-47-53-59-74(79)87-65-72(93-77(82)62-56-50-42-38-34-30-27-24-25-28-32-35-39-45-51-57-69(4)5)67-91-95(83,84)89-63-71(78)64-90-96(85,86)92-68-73(66-88-75(80)60-54-48-44-43-46-52-58-70(6)9-3)94-76(81)61-55-49-41-37-31-19-17-15-13-11-8-2/h69-73,78H,7-68H2,1-6H3,(H,83,84)(H,85,86)/t70?,71-,72-,73-/m1/s1. The van der Waals surface area contributed by atoms with Crippen molar-refractivity contribution in [1.29, 1.82) is 0 Å². The van der Waals surface area contributed by atoms with Gasteiger partial charge in [0.15, 0.2) is 12.2 Å². The second-order valence-electron chi connectivity index (χ2n) is 28.5. The average molecular weight is 1410 g/mol. The fourth-order valence-electron chi connectivity index (χ4n) is 11.8. The summed E-state index contributed by atoms with van der Waals surface area (Å²) in [4.78, 5) is 72.8. The van der Waals surface area contributed by atoms with E-state index in [0.29, 0.717) is 25.7 Å². The van der Waals surface area contributed by atoms with Gasteiger partial charge in [-0.3, -0.25) is 37.3 Å². The molecule has 0 saturated heterocycles. The second-order valence-corrected chi connectivity index (χ2v) is 31.4. The number of hydrogen-bond donors (Lipinski definition) is 3. The predicted octanol–water partition coefficient (Wildman–Crippen LogP) is 22.7. The van der Waals surface area contributed by atoms with E-state index in [2.05, 4.69) is 41.5 Å². The van der Waals surface area contributed by atoms with Crippen LogP contribution in [0.25, 0.3) is 0 Å². The van der Waals surface area contributed by atoms with Gasteiger partial charge in [-0.05, 0) is 37.5 Å². The zero-order chi connectivity index (χ0) is 70.7. The SMILES string of the molecule is CCCCCCCCCCCCCCCCCCCC(=O)OC[C@H](COP(=O)(O)OC[C@@H](O)COP(=O)(O)OC[C@@H](COC(=O)CCCCCCCCC(C)CC)OC(=O)CCCCCCCCCCCCC)OC(=O)CCCCCCCCCCCCCCCCCC(C)C. The number of ether oxygens (including phenoxy) is 4. The summed E-state index contributed by atoms with van der Waals surface area (Å²) in [6, 6.07) is 0. The summed E-state index contributed by atoms with van der Waals surface area (Å²) in [7, 11) is -9.91. The number of carbonyl (C=O) groups is 4. The van der Waals surface area contributed by atoms with Crippen molar-refractivity contribution in [2.24, 2.45) is 11.8 Å². The lowest BCUT2D eigenvalue weighted by Crippen LogP contribution is -2.30. The van der Waals surface area contributed by atoms with Crippen LogP contribution in [0.4, 0.5) is 0 Å². The van der Waals surface area contributed by atoms with E-state index in [1.807, 2.05) is 0 Å². The number of esters is 4. The van der Waals surface area contributed by atoms with Crippen LogP contribution in [0, 0.1) is 11.8 Å². The number of phosphoric ester groups is 2. The van der Waals surface area contributed by atoms with Crippen molar-refractivity contribution in [3.63, 3.8) is 0 Å². The molecule has 0 rings (SSSR count). The Bertz CT molecular complexity index is 1860. The Morgan fingerprint density at radius 1 is 0.302 bits per heavy atom. The number of carbonyl (C=O) groups excluding carboxylic acids is 4. The molecule has 0 aliphatic carbocycles. The van der Waals surface area contributed by atoms with Gasteiger partial charge < -0.3 is 33.8 Å². The maximum atomic E-state index is 13.1. The first-order valence-electron chi connectivity index (χ1n) is 40.0. The van der Waals surface area contributed by atoms with Crippen molar-refractivity contribution < 1.29 is 80.2 Å². The Balaban J connectivity index is 5.23.